The second kappa shape index (κ2) is 5.62. The summed E-state index contributed by atoms with van der Waals surface area (Å²) in [4.78, 5) is 10.7. The normalized spacial score (nSPS) is 10.2. The van der Waals surface area contributed by atoms with Crippen molar-refractivity contribution in [3.05, 3.63) is 55.7 Å². The molecule has 0 aliphatic rings. The van der Waals surface area contributed by atoms with Gasteiger partial charge >= 0.3 is 0 Å². The van der Waals surface area contributed by atoms with E-state index in [0.29, 0.717) is 20.0 Å². The molecule has 2 rings (SSSR count). The van der Waals surface area contributed by atoms with Crippen LogP contribution in [0.15, 0.2) is 41.6 Å². The Morgan fingerprint density at radius 3 is 2.61 bits per heavy atom. The fourth-order valence-electron chi connectivity index (χ4n) is 1.42. The van der Waals surface area contributed by atoms with Gasteiger partial charge in [-0.15, -0.1) is 4.91 Å². The van der Waals surface area contributed by atoms with Crippen molar-refractivity contribution >= 4 is 51.3 Å². The van der Waals surface area contributed by atoms with Crippen LogP contribution in [0.25, 0.3) is 0 Å². The van der Waals surface area contributed by atoms with E-state index in [9.17, 15) is 9.30 Å². The molecule has 0 heterocycles. The Bertz CT molecular complexity index is 607. The summed E-state index contributed by atoms with van der Waals surface area (Å²) in [6, 6.07) is 9.02. The van der Waals surface area contributed by atoms with E-state index in [1.54, 1.807) is 18.2 Å². The maximum absolute atomic E-state index is 13.0. The number of nitroso groups, excluding NO2 is 1. The zero-order valence-electron chi connectivity index (χ0n) is 8.95. The van der Waals surface area contributed by atoms with Crippen LogP contribution in [-0.4, -0.2) is 0 Å². The molecule has 0 saturated heterocycles. The summed E-state index contributed by atoms with van der Waals surface area (Å²) in [5.41, 5.74) is 1.42. The first-order valence-corrected chi connectivity index (χ1v) is 6.41. The van der Waals surface area contributed by atoms with Crippen LogP contribution < -0.4 is 5.32 Å². The van der Waals surface area contributed by atoms with Crippen LogP contribution >= 0.6 is 34.2 Å². The molecule has 1 N–H and O–H groups in total. The van der Waals surface area contributed by atoms with Crippen LogP contribution in [0.4, 0.5) is 21.5 Å². The molecule has 0 saturated carbocycles. The molecule has 0 atom stereocenters. The Morgan fingerprint density at radius 2 is 1.94 bits per heavy atom. The lowest BCUT2D eigenvalue weighted by Gasteiger charge is -2.10. The van der Waals surface area contributed by atoms with Crippen molar-refractivity contribution in [2.24, 2.45) is 5.18 Å². The van der Waals surface area contributed by atoms with Crippen LogP contribution in [0.1, 0.15) is 0 Å². The molecule has 2 aromatic carbocycles. The van der Waals surface area contributed by atoms with E-state index < -0.39 is 0 Å². The second-order valence-electron chi connectivity index (χ2n) is 3.50. The van der Waals surface area contributed by atoms with E-state index in [1.807, 2.05) is 22.6 Å². The number of anilines is 2. The highest BCUT2D eigenvalue weighted by Crippen LogP contribution is 2.32. The van der Waals surface area contributed by atoms with Crippen molar-refractivity contribution in [1.29, 1.82) is 0 Å². The number of nitrogens with one attached hydrogen (secondary N) is 1. The summed E-state index contributed by atoms with van der Waals surface area (Å²) in [6.07, 6.45) is 0. The quantitative estimate of drug-likeness (QED) is 0.589. The van der Waals surface area contributed by atoms with Gasteiger partial charge in [0.15, 0.2) is 0 Å². The third-order valence-corrected chi connectivity index (χ3v) is 3.39. The van der Waals surface area contributed by atoms with Crippen LogP contribution in [0.5, 0.6) is 0 Å². The third kappa shape index (κ3) is 2.97. The summed E-state index contributed by atoms with van der Waals surface area (Å²) in [6.45, 7) is 0. The Balaban J connectivity index is 2.39. The third-order valence-electron chi connectivity index (χ3n) is 2.26. The van der Waals surface area contributed by atoms with E-state index in [2.05, 4.69) is 10.5 Å². The summed E-state index contributed by atoms with van der Waals surface area (Å²) < 4.78 is 13.7. The van der Waals surface area contributed by atoms with Crippen LogP contribution in [-0.2, 0) is 0 Å². The summed E-state index contributed by atoms with van der Waals surface area (Å²) in [7, 11) is 0. The lowest BCUT2D eigenvalue weighted by atomic mass is 10.2. The number of hydrogen-bond donors (Lipinski definition) is 1. The lowest BCUT2D eigenvalue weighted by Crippen LogP contribution is -1.94. The Labute approximate surface area is 121 Å². The molecule has 18 heavy (non-hydrogen) atoms. The molecule has 0 amide bonds. The first-order valence-electron chi connectivity index (χ1n) is 4.95. The predicted molar refractivity (Wildman–Crippen MR) is 79.3 cm³/mol. The predicted octanol–water partition coefficient (Wildman–Crippen LogP) is 5.23. The van der Waals surface area contributed by atoms with Gasteiger partial charge in [-0.05, 0) is 64.2 Å². The van der Waals surface area contributed by atoms with Crippen molar-refractivity contribution < 1.29 is 4.39 Å². The maximum Gasteiger partial charge on any atom is 0.131 e. The van der Waals surface area contributed by atoms with Gasteiger partial charge in [0.05, 0.1) is 11.4 Å². The fraction of sp³-hybridized carbons (Fsp3) is 0. The molecule has 0 aliphatic carbocycles. The van der Waals surface area contributed by atoms with Gasteiger partial charge in [0, 0.05) is 8.59 Å². The first-order chi connectivity index (χ1) is 8.60. The van der Waals surface area contributed by atoms with E-state index in [1.165, 1.54) is 18.2 Å². The van der Waals surface area contributed by atoms with Gasteiger partial charge in [-0.1, -0.05) is 11.6 Å². The molecule has 92 valence electrons. The van der Waals surface area contributed by atoms with Gasteiger partial charge in [-0.2, -0.15) is 0 Å². The molecule has 0 unspecified atom stereocenters. The van der Waals surface area contributed by atoms with Crippen molar-refractivity contribution in [3.8, 4) is 0 Å². The number of halogens is 3. The zero-order chi connectivity index (χ0) is 13.1. The van der Waals surface area contributed by atoms with Gasteiger partial charge < -0.3 is 5.32 Å². The highest BCUT2D eigenvalue weighted by Gasteiger charge is 2.07. The molecule has 0 radical (unpaired) electrons. The monoisotopic (exact) mass is 376 g/mol. The van der Waals surface area contributed by atoms with Gasteiger partial charge in [0.2, 0.25) is 0 Å². The van der Waals surface area contributed by atoms with Crippen LogP contribution in [0.3, 0.4) is 0 Å². The largest absolute Gasteiger partial charge is 0.353 e. The highest BCUT2D eigenvalue weighted by atomic mass is 127. The van der Waals surface area contributed by atoms with Gasteiger partial charge in [0.25, 0.3) is 0 Å². The number of hydrogen-bond acceptors (Lipinski definition) is 3. The molecule has 6 heteroatoms. The minimum absolute atomic E-state index is 0.250. The lowest BCUT2D eigenvalue weighted by molar-refractivity contribution is 0.627. The van der Waals surface area contributed by atoms with E-state index in [4.69, 9.17) is 11.6 Å². The number of benzene rings is 2. The van der Waals surface area contributed by atoms with Gasteiger partial charge in [-0.3, -0.25) is 0 Å². The van der Waals surface area contributed by atoms with Crippen LogP contribution in [0, 0.1) is 14.3 Å². The smallest absolute Gasteiger partial charge is 0.131 e. The SMILES string of the molecule is O=Nc1ccc(Cl)cc1Nc1ccc(F)cc1I. The molecule has 0 bridgehead atoms. The molecule has 0 aromatic heterocycles. The van der Waals surface area contributed by atoms with Crippen molar-refractivity contribution in [2.75, 3.05) is 5.32 Å². The number of nitrogens with zero attached hydrogens (tertiary/aromatic N) is 1. The highest BCUT2D eigenvalue weighted by molar-refractivity contribution is 14.1. The Kier molecular flexibility index (Phi) is 4.13. The molecule has 3 nitrogen and oxygen atoms in total. The number of rotatable bonds is 3. The van der Waals surface area contributed by atoms with E-state index in [0.717, 1.165) is 0 Å². The molecule has 0 spiro atoms. The van der Waals surface area contributed by atoms with E-state index in [-0.39, 0.29) is 11.5 Å². The standard InChI is InChI=1S/C12H7ClFIN2O/c13-7-1-3-11(17-18)12(5-7)16-10-4-2-8(14)6-9(10)15/h1-6,16H. The van der Waals surface area contributed by atoms with Crippen molar-refractivity contribution in [2.45, 2.75) is 0 Å². The molecular weight excluding hydrogens is 369 g/mol. The minimum atomic E-state index is -0.315. The zero-order valence-corrected chi connectivity index (χ0v) is 11.9. The second-order valence-corrected chi connectivity index (χ2v) is 5.10. The molecular formula is C12H7ClFIN2O. The molecule has 0 fully saturated rings. The maximum atomic E-state index is 13.0. The molecule has 0 aliphatic heterocycles. The van der Waals surface area contributed by atoms with Crippen molar-refractivity contribution in [3.63, 3.8) is 0 Å². The summed E-state index contributed by atoms with van der Waals surface area (Å²) >= 11 is 7.86. The Hall–Kier alpha value is -1.21. The molecule has 2 aromatic rings. The summed E-state index contributed by atoms with van der Waals surface area (Å²) in [5.74, 6) is -0.315. The van der Waals surface area contributed by atoms with E-state index >= 15 is 0 Å². The first kappa shape index (κ1) is 13.2. The fourth-order valence-corrected chi connectivity index (χ4v) is 2.21. The Morgan fingerprint density at radius 1 is 1.17 bits per heavy atom. The average Bonchev–Trinajstić information content (AvgIpc) is 2.33. The topological polar surface area (TPSA) is 41.5 Å². The van der Waals surface area contributed by atoms with Crippen molar-refractivity contribution in [1.82, 2.24) is 0 Å². The van der Waals surface area contributed by atoms with Crippen LogP contribution in [0.2, 0.25) is 5.02 Å². The minimum Gasteiger partial charge on any atom is -0.353 e. The average molecular weight is 377 g/mol. The summed E-state index contributed by atoms with van der Waals surface area (Å²) in [5, 5.41) is 6.40. The van der Waals surface area contributed by atoms with Gasteiger partial charge in [0.1, 0.15) is 11.5 Å². The van der Waals surface area contributed by atoms with Gasteiger partial charge in [-0.25, -0.2) is 4.39 Å².